The average Bonchev–Trinajstić information content (AvgIpc) is 3.22. The first kappa shape index (κ1) is 19.1. The molecule has 2 atom stereocenters. The molecule has 0 aromatic heterocycles. The molecule has 0 spiro atoms. The summed E-state index contributed by atoms with van der Waals surface area (Å²) in [5.74, 6) is 0.857. The third-order valence-electron chi connectivity index (χ3n) is 3.54. The van der Waals surface area contributed by atoms with E-state index >= 15 is 0 Å². The van der Waals surface area contributed by atoms with Gasteiger partial charge in [-0.3, -0.25) is 0 Å². The third kappa shape index (κ3) is 6.29. The molecule has 0 radical (unpaired) electrons. The molecule has 1 aromatic carbocycles. The van der Waals surface area contributed by atoms with Gasteiger partial charge in [0.2, 0.25) is 0 Å². The van der Waals surface area contributed by atoms with Crippen LogP contribution in [0.4, 0.5) is 9.59 Å². The van der Waals surface area contributed by atoms with Gasteiger partial charge in [0.1, 0.15) is 11.4 Å². The van der Waals surface area contributed by atoms with Gasteiger partial charge in [-0.15, -0.1) is 0 Å². The van der Waals surface area contributed by atoms with Crippen molar-refractivity contribution >= 4 is 12.2 Å². The fourth-order valence-electron chi connectivity index (χ4n) is 2.37. The van der Waals surface area contributed by atoms with Gasteiger partial charge < -0.3 is 19.5 Å². The summed E-state index contributed by atoms with van der Waals surface area (Å²) in [6, 6.07) is 7.29. The normalized spacial score (nSPS) is 19.3. The standard InChI is InChI=1S/C19H27NO5/c1-12(2)11-23-17(21)20-15-10-14(15)13-8-6-7-9-16(13)24-18(22)25-19(3,4)5/h6-9,12,14-15H,10-11H2,1-5H3,(H,20,21)/t14-,15+/m0/s1. The lowest BCUT2D eigenvalue weighted by atomic mass is 10.1. The van der Waals surface area contributed by atoms with Crippen LogP contribution in [0.2, 0.25) is 0 Å². The number of ether oxygens (including phenoxy) is 3. The Hall–Kier alpha value is -2.24. The summed E-state index contributed by atoms with van der Waals surface area (Å²) in [4.78, 5) is 23.7. The molecule has 2 rings (SSSR count). The van der Waals surface area contributed by atoms with Gasteiger partial charge in [-0.2, -0.15) is 0 Å². The maximum atomic E-state index is 11.9. The number of hydrogen-bond donors (Lipinski definition) is 1. The van der Waals surface area contributed by atoms with E-state index in [0.29, 0.717) is 18.3 Å². The molecular formula is C19H27NO5. The number of carbonyl (C=O) groups excluding carboxylic acids is 2. The van der Waals surface area contributed by atoms with Crippen LogP contribution in [0.3, 0.4) is 0 Å². The Morgan fingerprint density at radius 1 is 1.24 bits per heavy atom. The van der Waals surface area contributed by atoms with Crippen LogP contribution in [0.25, 0.3) is 0 Å². The smallest absolute Gasteiger partial charge is 0.449 e. The van der Waals surface area contributed by atoms with E-state index in [0.717, 1.165) is 12.0 Å². The van der Waals surface area contributed by atoms with Crippen molar-refractivity contribution in [2.75, 3.05) is 6.61 Å². The second-order valence-corrected chi connectivity index (χ2v) is 7.69. The number of nitrogens with one attached hydrogen (secondary N) is 1. The summed E-state index contributed by atoms with van der Waals surface area (Å²) in [5.41, 5.74) is 0.262. The van der Waals surface area contributed by atoms with Crippen LogP contribution >= 0.6 is 0 Å². The maximum Gasteiger partial charge on any atom is 0.514 e. The lowest BCUT2D eigenvalue weighted by Gasteiger charge is -2.19. The Labute approximate surface area is 148 Å². The Balaban J connectivity index is 1.93. The molecule has 6 nitrogen and oxygen atoms in total. The van der Waals surface area contributed by atoms with E-state index in [1.165, 1.54) is 0 Å². The second kappa shape index (κ2) is 7.76. The van der Waals surface area contributed by atoms with E-state index in [9.17, 15) is 9.59 Å². The minimum Gasteiger partial charge on any atom is -0.449 e. The van der Waals surface area contributed by atoms with Crippen LogP contribution in [-0.2, 0) is 9.47 Å². The van der Waals surface area contributed by atoms with Gasteiger partial charge >= 0.3 is 12.2 Å². The van der Waals surface area contributed by atoms with Crippen LogP contribution in [0.5, 0.6) is 5.75 Å². The average molecular weight is 349 g/mol. The van der Waals surface area contributed by atoms with Crippen LogP contribution in [0.1, 0.15) is 52.5 Å². The second-order valence-electron chi connectivity index (χ2n) is 7.69. The van der Waals surface area contributed by atoms with E-state index in [-0.39, 0.29) is 12.0 Å². The zero-order chi connectivity index (χ0) is 18.6. The van der Waals surface area contributed by atoms with Gasteiger partial charge in [-0.1, -0.05) is 32.0 Å². The molecule has 138 valence electrons. The van der Waals surface area contributed by atoms with E-state index in [2.05, 4.69) is 5.32 Å². The molecule has 1 fully saturated rings. The zero-order valence-electron chi connectivity index (χ0n) is 15.5. The predicted octanol–water partition coefficient (Wildman–Crippen LogP) is 4.24. The van der Waals surface area contributed by atoms with Crippen molar-refractivity contribution in [2.45, 2.75) is 58.6 Å². The largest absolute Gasteiger partial charge is 0.514 e. The minimum atomic E-state index is -0.735. The molecule has 1 aliphatic rings. The first-order valence-corrected chi connectivity index (χ1v) is 8.59. The number of benzene rings is 1. The summed E-state index contributed by atoms with van der Waals surface area (Å²) in [6.07, 6.45) is -0.362. The van der Waals surface area contributed by atoms with Crippen LogP contribution < -0.4 is 10.1 Å². The molecule has 0 bridgehead atoms. The van der Waals surface area contributed by atoms with Gasteiger partial charge in [0.25, 0.3) is 0 Å². The maximum absolute atomic E-state index is 11.9. The van der Waals surface area contributed by atoms with E-state index in [1.807, 2.05) is 26.0 Å². The highest BCUT2D eigenvalue weighted by Crippen LogP contribution is 2.44. The fraction of sp³-hybridized carbons (Fsp3) is 0.579. The van der Waals surface area contributed by atoms with Crippen molar-refractivity contribution in [2.24, 2.45) is 5.92 Å². The summed E-state index contributed by atoms with van der Waals surface area (Å²) in [6.45, 7) is 9.70. The first-order valence-electron chi connectivity index (χ1n) is 8.59. The summed E-state index contributed by atoms with van der Waals surface area (Å²) in [5, 5.41) is 2.84. The number of rotatable bonds is 5. The Morgan fingerprint density at radius 3 is 2.56 bits per heavy atom. The quantitative estimate of drug-likeness (QED) is 0.636. The number of carbonyl (C=O) groups is 2. The monoisotopic (exact) mass is 349 g/mol. The molecule has 1 aliphatic carbocycles. The fourth-order valence-corrected chi connectivity index (χ4v) is 2.37. The molecule has 1 aromatic rings. The van der Waals surface area contributed by atoms with Crippen LogP contribution in [0, 0.1) is 5.92 Å². The topological polar surface area (TPSA) is 73.9 Å². The molecule has 1 amide bonds. The Bertz CT molecular complexity index is 620. The molecular weight excluding hydrogens is 322 g/mol. The number of alkyl carbamates (subject to hydrolysis) is 1. The third-order valence-corrected chi connectivity index (χ3v) is 3.54. The van der Waals surface area contributed by atoms with Crippen LogP contribution in [-0.4, -0.2) is 30.5 Å². The van der Waals surface area contributed by atoms with Crippen molar-refractivity contribution in [3.8, 4) is 5.75 Å². The van der Waals surface area contributed by atoms with Crippen molar-refractivity contribution in [3.05, 3.63) is 29.8 Å². The van der Waals surface area contributed by atoms with Gasteiger partial charge in [-0.25, -0.2) is 9.59 Å². The number of para-hydroxylation sites is 1. The van der Waals surface area contributed by atoms with Crippen molar-refractivity contribution in [3.63, 3.8) is 0 Å². The van der Waals surface area contributed by atoms with Gasteiger partial charge in [0, 0.05) is 17.5 Å². The number of amides is 1. The highest BCUT2D eigenvalue weighted by Gasteiger charge is 2.42. The molecule has 0 unspecified atom stereocenters. The highest BCUT2D eigenvalue weighted by molar-refractivity contribution is 5.69. The molecule has 6 heteroatoms. The van der Waals surface area contributed by atoms with Crippen molar-refractivity contribution < 1.29 is 23.8 Å². The molecule has 1 saturated carbocycles. The molecule has 0 saturated heterocycles. The van der Waals surface area contributed by atoms with E-state index in [4.69, 9.17) is 14.2 Å². The molecule has 0 heterocycles. The lowest BCUT2D eigenvalue weighted by Crippen LogP contribution is -2.28. The summed E-state index contributed by atoms with van der Waals surface area (Å²) < 4.78 is 15.7. The van der Waals surface area contributed by atoms with Crippen LogP contribution in [0.15, 0.2) is 24.3 Å². The van der Waals surface area contributed by atoms with E-state index in [1.54, 1.807) is 32.9 Å². The van der Waals surface area contributed by atoms with Gasteiger partial charge in [0.05, 0.1) is 6.61 Å². The van der Waals surface area contributed by atoms with E-state index < -0.39 is 17.8 Å². The van der Waals surface area contributed by atoms with Crippen molar-refractivity contribution in [1.29, 1.82) is 0 Å². The van der Waals surface area contributed by atoms with Gasteiger partial charge in [0.15, 0.2) is 0 Å². The Morgan fingerprint density at radius 2 is 1.92 bits per heavy atom. The lowest BCUT2D eigenvalue weighted by molar-refractivity contribution is 0.0204. The Kier molecular flexibility index (Phi) is 5.93. The zero-order valence-corrected chi connectivity index (χ0v) is 15.5. The predicted molar refractivity (Wildman–Crippen MR) is 93.8 cm³/mol. The first-order chi connectivity index (χ1) is 11.7. The summed E-state index contributed by atoms with van der Waals surface area (Å²) >= 11 is 0. The highest BCUT2D eigenvalue weighted by atomic mass is 16.7. The number of hydrogen-bond acceptors (Lipinski definition) is 5. The molecule has 0 aliphatic heterocycles. The summed E-state index contributed by atoms with van der Waals surface area (Å²) in [7, 11) is 0. The SMILES string of the molecule is CC(C)COC(=O)N[C@@H]1C[C@H]1c1ccccc1OC(=O)OC(C)(C)C. The molecule has 1 N–H and O–H groups in total. The minimum absolute atomic E-state index is 0.0111. The molecule has 25 heavy (non-hydrogen) atoms. The van der Waals surface area contributed by atoms with Gasteiger partial charge in [-0.05, 0) is 39.2 Å². The van der Waals surface area contributed by atoms with Crippen molar-refractivity contribution in [1.82, 2.24) is 5.32 Å².